The van der Waals surface area contributed by atoms with Crippen LogP contribution < -0.4 is 4.74 Å². The molecule has 1 aromatic rings. The molecule has 0 unspecified atom stereocenters. The van der Waals surface area contributed by atoms with Crippen molar-refractivity contribution in [3.63, 3.8) is 0 Å². The van der Waals surface area contributed by atoms with Crippen LogP contribution in [0.15, 0.2) is 52.6 Å². The predicted molar refractivity (Wildman–Crippen MR) is 114 cm³/mol. The Kier molecular flexibility index (Phi) is 4.48. The van der Waals surface area contributed by atoms with E-state index in [1.165, 1.54) is 25.1 Å². The van der Waals surface area contributed by atoms with Gasteiger partial charge in [-0.25, -0.2) is 0 Å². The monoisotopic (exact) mass is 433 g/mol. The summed E-state index contributed by atoms with van der Waals surface area (Å²) in [4.78, 5) is 53.1. The van der Waals surface area contributed by atoms with Gasteiger partial charge in [0.1, 0.15) is 0 Å². The van der Waals surface area contributed by atoms with Gasteiger partial charge in [-0.15, -0.1) is 0 Å². The first-order valence-electron chi connectivity index (χ1n) is 10.6. The third kappa shape index (κ3) is 2.60. The van der Waals surface area contributed by atoms with Gasteiger partial charge in [-0.3, -0.25) is 24.1 Å². The van der Waals surface area contributed by atoms with Gasteiger partial charge in [0.25, 0.3) is 0 Å². The van der Waals surface area contributed by atoms with Crippen LogP contribution in [0.2, 0.25) is 0 Å². The molecular weight excluding hydrogens is 410 g/mol. The first-order valence-corrected chi connectivity index (χ1v) is 10.6. The summed E-state index contributed by atoms with van der Waals surface area (Å²) in [5.41, 5.74) is 2.32. The third-order valence-electron chi connectivity index (χ3n) is 7.35. The number of benzene rings is 1. The smallest absolute Gasteiger partial charge is 0.233 e. The highest BCUT2D eigenvalue weighted by molar-refractivity contribution is 6.24. The maximum absolute atomic E-state index is 13.3. The standard InChI is InChI=1S/C25H23NO6/c1-11-9-17(27)16-10-15-12(7-8-14-20(15)25(31)26(2)24(14)30)19(21(16)22(11)28)13-5-4-6-18(32-3)23(13)29/h4-7,9,14-15,19-20,29H,8,10H2,1-3H3/t14-,15+,19+,20-/m0/s1. The van der Waals surface area contributed by atoms with E-state index in [-0.39, 0.29) is 41.3 Å². The number of Topliss-reactive ketones (excluding diaryl/α,β-unsaturated/α-hetero) is 1. The predicted octanol–water partition coefficient (Wildman–Crippen LogP) is 2.46. The number of nitrogens with zero attached hydrogens (tertiary/aromatic N) is 1. The summed E-state index contributed by atoms with van der Waals surface area (Å²) in [5, 5.41) is 10.9. The van der Waals surface area contributed by atoms with Crippen LogP contribution in [0.4, 0.5) is 0 Å². The highest BCUT2D eigenvalue weighted by atomic mass is 16.5. The van der Waals surface area contributed by atoms with E-state index in [1.54, 1.807) is 25.1 Å². The van der Waals surface area contributed by atoms with E-state index < -0.39 is 23.7 Å². The van der Waals surface area contributed by atoms with Crippen molar-refractivity contribution in [1.29, 1.82) is 0 Å². The lowest BCUT2D eigenvalue weighted by atomic mass is 9.59. The molecule has 1 aliphatic heterocycles. The molecule has 0 saturated carbocycles. The van der Waals surface area contributed by atoms with Crippen molar-refractivity contribution in [3.8, 4) is 11.5 Å². The van der Waals surface area contributed by atoms with Crippen molar-refractivity contribution in [2.75, 3.05) is 14.2 Å². The fraction of sp³-hybridized carbons (Fsp3) is 0.360. The number of methoxy groups -OCH3 is 1. The molecular formula is C25H23NO6. The van der Waals surface area contributed by atoms with E-state index in [2.05, 4.69) is 0 Å². The van der Waals surface area contributed by atoms with E-state index in [9.17, 15) is 24.3 Å². The first-order chi connectivity index (χ1) is 15.3. The molecule has 0 spiro atoms. The summed E-state index contributed by atoms with van der Waals surface area (Å²) < 4.78 is 5.28. The number of likely N-dealkylation sites (tertiary alicyclic amines) is 1. The van der Waals surface area contributed by atoms with Crippen molar-refractivity contribution in [2.24, 2.45) is 17.8 Å². The number of para-hydroxylation sites is 1. The summed E-state index contributed by atoms with van der Waals surface area (Å²) in [7, 11) is 2.93. The lowest BCUT2D eigenvalue weighted by Crippen LogP contribution is -2.39. The Morgan fingerprint density at radius 3 is 2.56 bits per heavy atom. The molecule has 7 nitrogen and oxygen atoms in total. The zero-order chi connectivity index (χ0) is 22.9. The van der Waals surface area contributed by atoms with Gasteiger partial charge in [0.15, 0.2) is 23.1 Å². The van der Waals surface area contributed by atoms with E-state index >= 15 is 0 Å². The lowest BCUT2D eigenvalue weighted by Gasteiger charge is -2.42. The number of allylic oxidation sites excluding steroid dienone is 6. The van der Waals surface area contributed by atoms with Crippen LogP contribution >= 0.6 is 0 Å². The summed E-state index contributed by atoms with van der Waals surface area (Å²) in [6, 6.07) is 5.05. The zero-order valence-corrected chi connectivity index (χ0v) is 18.0. The minimum atomic E-state index is -0.686. The van der Waals surface area contributed by atoms with Gasteiger partial charge < -0.3 is 9.84 Å². The zero-order valence-electron chi connectivity index (χ0n) is 18.0. The molecule has 0 bridgehead atoms. The van der Waals surface area contributed by atoms with Crippen molar-refractivity contribution < 1.29 is 29.0 Å². The van der Waals surface area contributed by atoms with Gasteiger partial charge in [0, 0.05) is 35.2 Å². The first kappa shape index (κ1) is 20.4. The van der Waals surface area contributed by atoms with Crippen LogP contribution in [0.3, 0.4) is 0 Å². The van der Waals surface area contributed by atoms with E-state index in [0.29, 0.717) is 28.7 Å². The van der Waals surface area contributed by atoms with Gasteiger partial charge in [0.2, 0.25) is 11.8 Å². The highest BCUT2D eigenvalue weighted by Gasteiger charge is 2.55. The van der Waals surface area contributed by atoms with Crippen molar-refractivity contribution in [3.05, 3.63) is 58.2 Å². The lowest BCUT2D eigenvalue weighted by molar-refractivity contribution is -0.138. The molecule has 4 aliphatic rings. The summed E-state index contributed by atoms with van der Waals surface area (Å²) in [5.74, 6) is -2.92. The Bertz CT molecular complexity index is 1200. The Hall–Kier alpha value is -3.48. The molecule has 32 heavy (non-hydrogen) atoms. The van der Waals surface area contributed by atoms with Crippen LogP contribution in [-0.4, -0.2) is 47.5 Å². The minimum Gasteiger partial charge on any atom is -0.504 e. The molecule has 3 aliphatic carbocycles. The molecule has 1 heterocycles. The maximum atomic E-state index is 13.3. The second kappa shape index (κ2) is 7.02. The Morgan fingerprint density at radius 2 is 1.84 bits per heavy atom. The maximum Gasteiger partial charge on any atom is 0.233 e. The average Bonchev–Trinajstić information content (AvgIpc) is 3.00. The van der Waals surface area contributed by atoms with Gasteiger partial charge in [-0.2, -0.15) is 0 Å². The normalized spacial score (nSPS) is 29.4. The SMILES string of the molecule is COc1cccc([C@H]2C3=CC[C@@H]4C(=O)N(C)C(=O)[C@@H]4[C@@H]3CC3=C2C(=O)C(C)=CC3=O)c1O. The number of phenolic OH excluding ortho intramolecular Hbond substituents is 1. The number of imide groups is 1. The summed E-state index contributed by atoms with van der Waals surface area (Å²) >= 11 is 0. The topological polar surface area (TPSA) is 101 Å². The van der Waals surface area contributed by atoms with Crippen molar-refractivity contribution >= 4 is 23.4 Å². The number of ether oxygens (including phenoxy) is 1. The Balaban J connectivity index is 1.75. The molecule has 1 N–H and O–H groups in total. The van der Waals surface area contributed by atoms with Gasteiger partial charge in [0.05, 0.1) is 18.9 Å². The van der Waals surface area contributed by atoms with Crippen LogP contribution in [0.25, 0.3) is 0 Å². The molecule has 5 rings (SSSR count). The number of carbonyl (C=O) groups excluding carboxylic acids is 4. The fourth-order valence-corrected chi connectivity index (χ4v) is 5.81. The van der Waals surface area contributed by atoms with Crippen LogP contribution in [0, 0.1) is 17.8 Å². The van der Waals surface area contributed by atoms with E-state index in [4.69, 9.17) is 4.74 Å². The van der Waals surface area contributed by atoms with Gasteiger partial charge in [-0.05, 0) is 37.8 Å². The molecule has 7 heteroatoms. The molecule has 1 saturated heterocycles. The fourth-order valence-electron chi connectivity index (χ4n) is 5.81. The second-order valence-electron chi connectivity index (χ2n) is 8.86. The Labute approximate surface area is 185 Å². The van der Waals surface area contributed by atoms with E-state index in [0.717, 1.165) is 5.57 Å². The number of hydrogen-bond donors (Lipinski definition) is 1. The quantitative estimate of drug-likeness (QED) is 0.437. The molecule has 1 fully saturated rings. The number of phenols is 1. The third-order valence-corrected chi connectivity index (χ3v) is 7.35. The van der Waals surface area contributed by atoms with Gasteiger partial charge in [-0.1, -0.05) is 23.8 Å². The number of hydrogen-bond acceptors (Lipinski definition) is 6. The number of rotatable bonds is 2. The number of carbonyl (C=O) groups is 4. The van der Waals surface area contributed by atoms with Crippen LogP contribution in [0.1, 0.15) is 31.2 Å². The van der Waals surface area contributed by atoms with E-state index in [1.807, 2.05) is 6.08 Å². The van der Waals surface area contributed by atoms with Crippen molar-refractivity contribution in [2.45, 2.75) is 25.7 Å². The molecule has 4 atom stereocenters. The highest BCUT2D eigenvalue weighted by Crippen LogP contribution is 2.56. The number of amides is 2. The van der Waals surface area contributed by atoms with Crippen molar-refractivity contribution in [1.82, 2.24) is 4.90 Å². The second-order valence-corrected chi connectivity index (χ2v) is 8.86. The minimum absolute atomic E-state index is 0.103. The average molecular weight is 433 g/mol. The Morgan fingerprint density at radius 1 is 1.09 bits per heavy atom. The molecule has 0 aromatic heterocycles. The molecule has 1 aromatic carbocycles. The largest absolute Gasteiger partial charge is 0.504 e. The summed E-state index contributed by atoms with van der Waals surface area (Å²) in [6.07, 6.45) is 3.87. The number of fused-ring (bicyclic) bond motifs is 3. The molecule has 164 valence electrons. The van der Waals surface area contributed by atoms with Crippen LogP contribution in [-0.2, 0) is 19.2 Å². The molecule has 0 radical (unpaired) electrons. The number of ketones is 2. The summed E-state index contributed by atoms with van der Waals surface area (Å²) in [6.45, 7) is 1.61. The van der Waals surface area contributed by atoms with Crippen LogP contribution in [0.5, 0.6) is 11.5 Å². The number of aromatic hydroxyl groups is 1. The molecule has 2 amide bonds. The van der Waals surface area contributed by atoms with Gasteiger partial charge >= 0.3 is 0 Å².